The molecule has 0 fully saturated rings. The standard InChI is InChI=1S/C16H34N2O2S/c17-11-15-21-14-8-6-4-2-1-3-5-7-10-16(20)18-12-9-13-19/h19H,1-15,17H2,(H,18,20). The van der Waals surface area contributed by atoms with E-state index in [1.807, 2.05) is 11.8 Å². The van der Waals surface area contributed by atoms with Gasteiger partial charge in [-0.25, -0.2) is 0 Å². The van der Waals surface area contributed by atoms with Crippen molar-refractivity contribution in [1.82, 2.24) is 5.32 Å². The topological polar surface area (TPSA) is 75.4 Å². The summed E-state index contributed by atoms with van der Waals surface area (Å²) >= 11 is 1.96. The van der Waals surface area contributed by atoms with Crippen LogP contribution in [0.25, 0.3) is 0 Å². The summed E-state index contributed by atoms with van der Waals surface area (Å²) in [6, 6.07) is 0. The van der Waals surface area contributed by atoms with Crippen molar-refractivity contribution < 1.29 is 9.90 Å². The van der Waals surface area contributed by atoms with Crippen molar-refractivity contribution in [2.75, 3.05) is 31.2 Å². The molecule has 21 heavy (non-hydrogen) atoms. The minimum atomic E-state index is 0.124. The Morgan fingerprint density at radius 3 is 2.14 bits per heavy atom. The number of hydrogen-bond acceptors (Lipinski definition) is 4. The first-order valence-electron chi connectivity index (χ1n) is 8.46. The Morgan fingerprint density at radius 2 is 1.52 bits per heavy atom. The van der Waals surface area contributed by atoms with E-state index in [0.29, 0.717) is 19.4 Å². The average molecular weight is 319 g/mol. The molecule has 0 aromatic carbocycles. The van der Waals surface area contributed by atoms with Crippen molar-refractivity contribution in [3.8, 4) is 0 Å². The van der Waals surface area contributed by atoms with Crippen LogP contribution in [0.1, 0.15) is 64.2 Å². The van der Waals surface area contributed by atoms with E-state index < -0.39 is 0 Å². The number of nitrogens with one attached hydrogen (secondary N) is 1. The second-order valence-electron chi connectivity index (χ2n) is 5.41. The van der Waals surface area contributed by atoms with Crippen LogP contribution in [0.5, 0.6) is 0 Å². The Kier molecular flexibility index (Phi) is 17.6. The molecule has 0 unspecified atom stereocenters. The van der Waals surface area contributed by atoms with E-state index in [4.69, 9.17) is 10.8 Å². The van der Waals surface area contributed by atoms with Crippen molar-refractivity contribution in [1.29, 1.82) is 0 Å². The van der Waals surface area contributed by atoms with Gasteiger partial charge in [0.05, 0.1) is 0 Å². The van der Waals surface area contributed by atoms with Crippen LogP contribution in [-0.2, 0) is 4.79 Å². The number of aliphatic hydroxyl groups is 1. The van der Waals surface area contributed by atoms with Crippen molar-refractivity contribution >= 4 is 17.7 Å². The van der Waals surface area contributed by atoms with Gasteiger partial charge in [0.2, 0.25) is 5.91 Å². The smallest absolute Gasteiger partial charge is 0.219 e. The maximum absolute atomic E-state index is 11.4. The lowest BCUT2D eigenvalue weighted by atomic mass is 10.1. The van der Waals surface area contributed by atoms with Gasteiger partial charge in [0.25, 0.3) is 0 Å². The second kappa shape index (κ2) is 17.8. The molecule has 0 saturated heterocycles. The fourth-order valence-corrected chi connectivity index (χ4v) is 2.91. The van der Waals surface area contributed by atoms with E-state index in [0.717, 1.165) is 25.1 Å². The number of aliphatic hydroxyl groups excluding tert-OH is 1. The zero-order valence-corrected chi connectivity index (χ0v) is 14.3. The number of carbonyl (C=O) groups is 1. The molecule has 0 heterocycles. The van der Waals surface area contributed by atoms with Crippen molar-refractivity contribution in [3.05, 3.63) is 0 Å². The lowest BCUT2D eigenvalue weighted by Crippen LogP contribution is -2.24. The number of hydrogen-bond donors (Lipinski definition) is 3. The van der Waals surface area contributed by atoms with E-state index in [1.165, 1.54) is 44.3 Å². The van der Waals surface area contributed by atoms with Crippen LogP contribution in [0.2, 0.25) is 0 Å². The maximum Gasteiger partial charge on any atom is 0.219 e. The first-order chi connectivity index (χ1) is 10.3. The number of amides is 1. The second-order valence-corrected chi connectivity index (χ2v) is 6.63. The van der Waals surface area contributed by atoms with E-state index in [9.17, 15) is 4.79 Å². The molecule has 4 nitrogen and oxygen atoms in total. The molecule has 0 radical (unpaired) electrons. The zero-order chi connectivity index (χ0) is 15.6. The number of nitrogens with two attached hydrogens (primary N) is 1. The van der Waals surface area contributed by atoms with Gasteiger partial charge >= 0.3 is 0 Å². The fraction of sp³-hybridized carbons (Fsp3) is 0.938. The highest BCUT2D eigenvalue weighted by Crippen LogP contribution is 2.11. The van der Waals surface area contributed by atoms with E-state index in [-0.39, 0.29) is 12.5 Å². The highest BCUT2D eigenvalue weighted by atomic mass is 32.2. The van der Waals surface area contributed by atoms with Crippen LogP contribution in [0.15, 0.2) is 0 Å². The Morgan fingerprint density at radius 1 is 0.905 bits per heavy atom. The van der Waals surface area contributed by atoms with Gasteiger partial charge in [-0.15, -0.1) is 0 Å². The van der Waals surface area contributed by atoms with Crippen LogP contribution in [0.3, 0.4) is 0 Å². The molecule has 0 aliphatic heterocycles. The van der Waals surface area contributed by atoms with Crippen LogP contribution in [0, 0.1) is 0 Å². The van der Waals surface area contributed by atoms with Crippen LogP contribution < -0.4 is 11.1 Å². The fourth-order valence-electron chi connectivity index (χ4n) is 2.13. The van der Waals surface area contributed by atoms with E-state index >= 15 is 0 Å². The summed E-state index contributed by atoms with van der Waals surface area (Å²) < 4.78 is 0. The summed E-state index contributed by atoms with van der Waals surface area (Å²) in [5.41, 5.74) is 5.44. The third-order valence-electron chi connectivity index (χ3n) is 3.36. The number of carbonyl (C=O) groups excluding carboxylic acids is 1. The summed E-state index contributed by atoms with van der Waals surface area (Å²) in [4.78, 5) is 11.4. The number of thioether (sulfide) groups is 1. The Bertz CT molecular complexity index is 228. The van der Waals surface area contributed by atoms with Gasteiger partial charge in [-0.1, -0.05) is 38.5 Å². The lowest BCUT2D eigenvalue weighted by Gasteiger charge is -2.04. The molecule has 0 aromatic rings. The SMILES string of the molecule is NCCSCCCCCCCCCCC(=O)NCCCO. The highest BCUT2D eigenvalue weighted by molar-refractivity contribution is 7.99. The summed E-state index contributed by atoms with van der Waals surface area (Å²) in [6.07, 6.45) is 11.3. The molecule has 0 aliphatic carbocycles. The molecule has 0 rings (SSSR count). The minimum absolute atomic E-state index is 0.124. The van der Waals surface area contributed by atoms with Gasteiger partial charge in [0.1, 0.15) is 0 Å². The molecular formula is C16H34N2O2S. The van der Waals surface area contributed by atoms with E-state index in [1.54, 1.807) is 0 Å². The lowest BCUT2D eigenvalue weighted by molar-refractivity contribution is -0.121. The highest BCUT2D eigenvalue weighted by Gasteiger charge is 2.00. The van der Waals surface area contributed by atoms with Crippen molar-refractivity contribution in [2.45, 2.75) is 64.2 Å². The van der Waals surface area contributed by atoms with Crippen LogP contribution in [-0.4, -0.2) is 42.2 Å². The monoisotopic (exact) mass is 318 g/mol. The molecule has 0 saturated carbocycles. The third kappa shape index (κ3) is 17.7. The first-order valence-corrected chi connectivity index (χ1v) is 9.62. The van der Waals surface area contributed by atoms with Gasteiger partial charge in [-0.05, 0) is 25.0 Å². The molecule has 0 spiro atoms. The van der Waals surface area contributed by atoms with Crippen molar-refractivity contribution in [2.24, 2.45) is 5.73 Å². The molecule has 0 aliphatic rings. The molecule has 4 N–H and O–H groups in total. The summed E-state index contributed by atoms with van der Waals surface area (Å²) in [5, 5.41) is 11.4. The van der Waals surface area contributed by atoms with Gasteiger partial charge in [-0.2, -0.15) is 11.8 Å². The molecule has 0 bridgehead atoms. The number of rotatable bonds is 16. The third-order valence-corrected chi connectivity index (χ3v) is 4.46. The molecule has 126 valence electrons. The summed E-state index contributed by atoms with van der Waals surface area (Å²) in [7, 11) is 0. The molecule has 0 aromatic heterocycles. The largest absolute Gasteiger partial charge is 0.396 e. The van der Waals surface area contributed by atoms with Crippen LogP contribution in [0.4, 0.5) is 0 Å². The predicted molar refractivity (Wildman–Crippen MR) is 92.6 cm³/mol. The Hall–Kier alpha value is -0.260. The summed E-state index contributed by atoms with van der Waals surface area (Å²) in [6.45, 7) is 1.54. The molecular weight excluding hydrogens is 284 g/mol. The molecule has 5 heteroatoms. The van der Waals surface area contributed by atoms with Gasteiger partial charge in [-0.3, -0.25) is 4.79 Å². The average Bonchev–Trinajstić information content (AvgIpc) is 2.48. The van der Waals surface area contributed by atoms with Crippen molar-refractivity contribution in [3.63, 3.8) is 0 Å². The molecule has 0 atom stereocenters. The van der Waals surface area contributed by atoms with E-state index in [2.05, 4.69) is 5.32 Å². The first kappa shape index (κ1) is 20.7. The van der Waals surface area contributed by atoms with Gasteiger partial charge in [0.15, 0.2) is 0 Å². The van der Waals surface area contributed by atoms with Crippen LogP contribution >= 0.6 is 11.8 Å². The predicted octanol–water partition coefficient (Wildman–Crippen LogP) is 2.69. The zero-order valence-electron chi connectivity index (χ0n) is 13.4. The van der Waals surface area contributed by atoms with Gasteiger partial charge in [0, 0.05) is 31.9 Å². The summed E-state index contributed by atoms with van der Waals surface area (Å²) in [5.74, 6) is 2.47. The van der Waals surface area contributed by atoms with Gasteiger partial charge < -0.3 is 16.2 Å². The Labute approximate surface area is 134 Å². The Balaban J connectivity index is 3.06. The minimum Gasteiger partial charge on any atom is -0.396 e. The normalized spacial score (nSPS) is 10.8. The molecule has 1 amide bonds. The number of unbranched alkanes of at least 4 members (excludes halogenated alkanes) is 7. The maximum atomic E-state index is 11.4. The quantitative estimate of drug-likeness (QED) is 0.382.